The Kier molecular flexibility index (Phi) is 4.90. The monoisotopic (exact) mass is 260 g/mol. The fourth-order valence-corrected chi connectivity index (χ4v) is 2.74. The summed E-state index contributed by atoms with van der Waals surface area (Å²) in [5.41, 5.74) is 3.83. The minimum Gasteiger partial charge on any atom is -0.320 e. The summed E-state index contributed by atoms with van der Waals surface area (Å²) in [6.45, 7) is 3.23. The topological polar surface area (TPSA) is 24.9 Å². The Morgan fingerprint density at radius 3 is 2.67 bits per heavy atom. The van der Waals surface area contributed by atoms with Crippen molar-refractivity contribution in [3.8, 4) is 10.6 Å². The number of aryl methyl sites for hydroxylation is 2. The lowest BCUT2D eigenvalue weighted by atomic mass is 10.1. The molecule has 2 aromatic rings. The molecule has 0 aliphatic heterocycles. The van der Waals surface area contributed by atoms with E-state index < -0.39 is 0 Å². The van der Waals surface area contributed by atoms with Crippen molar-refractivity contribution in [2.24, 2.45) is 0 Å². The predicted octanol–water partition coefficient (Wildman–Crippen LogP) is 3.52. The first kappa shape index (κ1) is 13.2. The van der Waals surface area contributed by atoms with Gasteiger partial charge in [0.1, 0.15) is 5.01 Å². The highest BCUT2D eigenvalue weighted by Crippen LogP contribution is 2.24. The lowest BCUT2D eigenvalue weighted by Gasteiger charge is -1.99. The van der Waals surface area contributed by atoms with E-state index in [4.69, 9.17) is 4.98 Å². The Morgan fingerprint density at radius 2 is 2.00 bits per heavy atom. The molecule has 0 fully saturated rings. The van der Waals surface area contributed by atoms with Crippen molar-refractivity contribution >= 4 is 11.3 Å². The number of hydrogen-bond donors (Lipinski definition) is 1. The summed E-state index contributed by atoms with van der Waals surface area (Å²) in [5, 5.41) is 6.48. The molecule has 0 saturated heterocycles. The van der Waals surface area contributed by atoms with Crippen LogP contribution in [0.5, 0.6) is 0 Å². The van der Waals surface area contributed by atoms with Gasteiger partial charge in [0.2, 0.25) is 0 Å². The van der Waals surface area contributed by atoms with Gasteiger partial charge >= 0.3 is 0 Å². The number of nitrogens with one attached hydrogen (secondary N) is 1. The minimum atomic E-state index is 1.05. The Labute approximate surface area is 113 Å². The van der Waals surface area contributed by atoms with Crippen LogP contribution in [0.4, 0.5) is 0 Å². The van der Waals surface area contributed by atoms with Gasteiger partial charge in [0.05, 0.1) is 5.69 Å². The third-order valence-corrected chi connectivity index (χ3v) is 3.96. The van der Waals surface area contributed by atoms with Crippen LogP contribution in [0.2, 0.25) is 0 Å². The second-order valence-electron chi connectivity index (χ2n) is 4.40. The zero-order valence-corrected chi connectivity index (χ0v) is 11.9. The number of nitrogens with zero attached hydrogens (tertiary/aromatic N) is 1. The van der Waals surface area contributed by atoms with Crippen LogP contribution in [-0.4, -0.2) is 18.6 Å². The molecule has 18 heavy (non-hydrogen) atoms. The molecule has 1 N–H and O–H groups in total. The van der Waals surface area contributed by atoms with Crippen LogP contribution in [0.3, 0.4) is 0 Å². The molecule has 0 amide bonds. The molecule has 3 heteroatoms. The SMILES string of the molecule is CCc1ccc(-c2nc(CCCNC)cs2)cc1. The number of hydrogen-bond acceptors (Lipinski definition) is 3. The van der Waals surface area contributed by atoms with E-state index in [0.717, 1.165) is 30.8 Å². The van der Waals surface area contributed by atoms with Crippen LogP contribution in [0.15, 0.2) is 29.6 Å². The molecule has 2 rings (SSSR count). The molecule has 96 valence electrons. The molecule has 1 heterocycles. The summed E-state index contributed by atoms with van der Waals surface area (Å²) in [6, 6.07) is 8.74. The minimum absolute atomic E-state index is 1.05. The van der Waals surface area contributed by atoms with Gasteiger partial charge in [-0.15, -0.1) is 11.3 Å². The molecule has 0 unspecified atom stereocenters. The smallest absolute Gasteiger partial charge is 0.123 e. The van der Waals surface area contributed by atoms with Crippen LogP contribution in [-0.2, 0) is 12.8 Å². The first-order chi connectivity index (χ1) is 8.83. The van der Waals surface area contributed by atoms with E-state index in [0.29, 0.717) is 0 Å². The van der Waals surface area contributed by atoms with E-state index in [1.165, 1.54) is 16.8 Å². The second kappa shape index (κ2) is 6.66. The van der Waals surface area contributed by atoms with E-state index in [-0.39, 0.29) is 0 Å². The molecule has 2 nitrogen and oxygen atoms in total. The van der Waals surface area contributed by atoms with Crippen molar-refractivity contribution in [1.29, 1.82) is 0 Å². The molecule has 0 atom stereocenters. The Bertz CT molecular complexity index is 473. The second-order valence-corrected chi connectivity index (χ2v) is 5.26. The average molecular weight is 260 g/mol. The van der Waals surface area contributed by atoms with Gasteiger partial charge in [-0.1, -0.05) is 31.2 Å². The number of thiazole rings is 1. The van der Waals surface area contributed by atoms with E-state index in [1.54, 1.807) is 11.3 Å². The van der Waals surface area contributed by atoms with Gasteiger partial charge in [0.15, 0.2) is 0 Å². The quantitative estimate of drug-likeness (QED) is 0.804. The van der Waals surface area contributed by atoms with Crippen molar-refractivity contribution < 1.29 is 0 Å². The van der Waals surface area contributed by atoms with Crippen LogP contribution in [0.1, 0.15) is 24.6 Å². The highest BCUT2D eigenvalue weighted by Gasteiger charge is 2.04. The van der Waals surface area contributed by atoms with Gasteiger partial charge in [-0.2, -0.15) is 0 Å². The van der Waals surface area contributed by atoms with Gasteiger partial charge in [0.25, 0.3) is 0 Å². The molecule has 1 aromatic carbocycles. The molecule has 0 bridgehead atoms. The Balaban J connectivity index is 2.04. The van der Waals surface area contributed by atoms with E-state index in [9.17, 15) is 0 Å². The fraction of sp³-hybridized carbons (Fsp3) is 0.400. The lowest BCUT2D eigenvalue weighted by molar-refractivity contribution is 0.718. The van der Waals surface area contributed by atoms with Gasteiger partial charge in [-0.3, -0.25) is 0 Å². The van der Waals surface area contributed by atoms with Gasteiger partial charge in [0, 0.05) is 10.9 Å². The average Bonchev–Trinajstić information content (AvgIpc) is 2.88. The van der Waals surface area contributed by atoms with Crippen LogP contribution in [0, 0.1) is 0 Å². The number of aromatic nitrogens is 1. The maximum absolute atomic E-state index is 4.70. The number of rotatable bonds is 6. The molecular formula is C15H20N2S. The standard InChI is InChI=1S/C15H20N2S/c1-3-12-6-8-13(9-7-12)15-17-14(11-18-15)5-4-10-16-2/h6-9,11,16H,3-5,10H2,1-2H3. The molecule has 0 aliphatic carbocycles. The summed E-state index contributed by atoms with van der Waals surface area (Å²) in [7, 11) is 1.99. The molecular weight excluding hydrogens is 240 g/mol. The lowest BCUT2D eigenvalue weighted by Crippen LogP contribution is -2.08. The van der Waals surface area contributed by atoms with Crippen molar-refractivity contribution in [1.82, 2.24) is 10.3 Å². The molecule has 0 radical (unpaired) electrons. The van der Waals surface area contributed by atoms with Crippen molar-refractivity contribution in [3.63, 3.8) is 0 Å². The summed E-state index contributed by atoms with van der Waals surface area (Å²) < 4.78 is 0. The maximum Gasteiger partial charge on any atom is 0.123 e. The molecule has 1 aromatic heterocycles. The molecule has 0 spiro atoms. The number of benzene rings is 1. The Hall–Kier alpha value is -1.19. The normalized spacial score (nSPS) is 10.8. The molecule has 0 saturated carbocycles. The zero-order chi connectivity index (χ0) is 12.8. The summed E-state index contributed by atoms with van der Waals surface area (Å²) in [5.74, 6) is 0. The van der Waals surface area contributed by atoms with Gasteiger partial charge in [-0.25, -0.2) is 4.98 Å². The summed E-state index contributed by atoms with van der Waals surface area (Å²) in [6.07, 6.45) is 3.30. The summed E-state index contributed by atoms with van der Waals surface area (Å²) >= 11 is 1.74. The molecule has 0 aliphatic rings. The fourth-order valence-electron chi connectivity index (χ4n) is 1.88. The third-order valence-electron chi connectivity index (χ3n) is 3.02. The first-order valence-corrected chi connectivity index (χ1v) is 7.39. The van der Waals surface area contributed by atoms with E-state index in [2.05, 4.69) is 41.9 Å². The van der Waals surface area contributed by atoms with Crippen molar-refractivity contribution in [2.45, 2.75) is 26.2 Å². The maximum atomic E-state index is 4.70. The van der Waals surface area contributed by atoms with Crippen molar-refractivity contribution in [3.05, 3.63) is 40.9 Å². The predicted molar refractivity (Wildman–Crippen MR) is 79.2 cm³/mol. The van der Waals surface area contributed by atoms with Crippen LogP contribution < -0.4 is 5.32 Å². The summed E-state index contributed by atoms with van der Waals surface area (Å²) in [4.78, 5) is 4.70. The first-order valence-electron chi connectivity index (χ1n) is 6.51. The van der Waals surface area contributed by atoms with Crippen molar-refractivity contribution in [2.75, 3.05) is 13.6 Å². The van der Waals surface area contributed by atoms with Gasteiger partial charge in [-0.05, 0) is 38.4 Å². The van der Waals surface area contributed by atoms with Crippen LogP contribution >= 0.6 is 11.3 Å². The van der Waals surface area contributed by atoms with Gasteiger partial charge < -0.3 is 5.32 Å². The highest BCUT2D eigenvalue weighted by atomic mass is 32.1. The third kappa shape index (κ3) is 3.40. The Morgan fingerprint density at radius 1 is 1.22 bits per heavy atom. The largest absolute Gasteiger partial charge is 0.320 e. The van der Waals surface area contributed by atoms with E-state index in [1.807, 2.05) is 7.05 Å². The zero-order valence-electron chi connectivity index (χ0n) is 11.1. The highest BCUT2D eigenvalue weighted by molar-refractivity contribution is 7.13. The van der Waals surface area contributed by atoms with E-state index >= 15 is 0 Å². The van der Waals surface area contributed by atoms with Crippen LogP contribution in [0.25, 0.3) is 10.6 Å².